The maximum atomic E-state index is 12.4. The Morgan fingerprint density at radius 2 is 2.24 bits per heavy atom. The normalized spacial score (nSPS) is 18.1. The number of carbonyl (C=O) groups excluding carboxylic acids is 1. The minimum atomic E-state index is -0.423. The number of hydrogen-bond acceptors (Lipinski definition) is 6. The number of morpholine rings is 1. The van der Waals surface area contributed by atoms with Gasteiger partial charge in [0.1, 0.15) is 24.1 Å². The summed E-state index contributed by atoms with van der Waals surface area (Å²) in [5.41, 5.74) is 6.17. The summed E-state index contributed by atoms with van der Waals surface area (Å²) >= 11 is 0. The molecule has 1 saturated heterocycles. The molecule has 2 rings (SSSR count). The van der Waals surface area contributed by atoms with Gasteiger partial charge in [0.2, 0.25) is 0 Å². The monoisotopic (exact) mass is 351 g/mol. The third kappa shape index (κ3) is 5.31. The zero-order valence-electron chi connectivity index (χ0n) is 15.4. The zero-order chi connectivity index (χ0) is 18.3. The molecule has 0 radical (unpaired) electrons. The van der Waals surface area contributed by atoms with E-state index in [1.54, 1.807) is 17.3 Å². The lowest BCUT2D eigenvalue weighted by atomic mass is 10.0. The quantitative estimate of drug-likeness (QED) is 0.811. The van der Waals surface area contributed by atoms with Crippen molar-refractivity contribution in [2.24, 2.45) is 5.73 Å². The molecular formula is C18H29N3O4. The standard InChI is InChI=1S/C18H29N3O4/c1-4-18(3,5-2)25-17(22)21-8-9-23-15(12-21)13-24-16-11-20-7-6-14(16)10-19/h6-7,11,15H,4-5,8-10,12-13,19H2,1-3H3/t15-/m0/s1. The lowest BCUT2D eigenvalue weighted by Crippen LogP contribution is -2.49. The van der Waals surface area contributed by atoms with E-state index in [0.29, 0.717) is 38.6 Å². The third-order valence-electron chi connectivity index (χ3n) is 4.74. The van der Waals surface area contributed by atoms with Gasteiger partial charge in [-0.1, -0.05) is 13.8 Å². The van der Waals surface area contributed by atoms with Crippen molar-refractivity contribution in [1.82, 2.24) is 9.88 Å². The Balaban J connectivity index is 1.89. The molecule has 1 amide bonds. The highest BCUT2D eigenvalue weighted by atomic mass is 16.6. The summed E-state index contributed by atoms with van der Waals surface area (Å²) in [7, 11) is 0. The minimum Gasteiger partial charge on any atom is -0.489 e. The number of rotatable bonds is 7. The van der Waals surface area contributed by atoms with Gasteiger partial charge in [0.15, 0.2) is 0 Å². The molecule has 0 unspecified atom stereocenters. The third-order valence-corrected chi connectivity index (χ3v) is 4.74. The molecule has 7 nitrogen and oxygen atoms in total. The van der Waals surface area contributed by atoms with Gasteiger partial charge in [-0.25, -0.2) is 4.79 Å². The molecule has 140 valence electrons. The maximum absolute atomic E-state index is 12.4. The summed E-state index contributed by atoms with van der Waals surface area (Å²) in [6.45, 7) is 8.17. The van der Waals surface area contributed by atoms with E-state index in [1.807, 2.05) is 26.8 Å². The molecular weight excluding hydrogens is 322 g/mol. The number of hydrogen-bond donors (Lipinski definition) is 1. The van der Waals surface area contributed by atoms with Crippen LogP contribution >= 0.6 is 0 Å². The molecule has 1 fully saturated rings. The fourth-order valence-corrected chi connectivity index (χ4v) is 2.55. The van der Waals surface area contributed by atoms with Crippen LogP contribution in [-0.2, 0) is 16.0 Å². The summed E-state index contributed by atoms with van der Waals surface area (Å²) in [4.78, 5) is 18.2. The van der Waals surface area contributed by atoms with Crippen LogP contribution < -0.4 is 10.5 Å². The van der Waals surface area contributed by atoms with Crippen molar-refractivity contribution in [3.8, 4) is 5.75 Å². The van der Waals surface area contributed by atoms with Crippen LogP contribution in [0, 0.1) is 0 Å². The van der Waals surface area contributed by atoms with Crippen LogP contribution in [0.1, 0.15) is 39.2 Å². The molecule has 0 spiro atoms. The van der Waals surface area contributed by atoms with Crippen molar-refractivity contribution in [3.05, 3.63) is 24.0 Å². The molecule has 1 aliphatic rings. The minimum absolute atomic E-state index is 0.207. The Morgan fingerprint density at radius 1 is 1.48 bits per heavy atom. The van der Waals surface area contributed by atoms with Crippen LogP contribution in [0.25, 0.3) is 0 Å². The molecule has 0 aliphatic carbocycles. The predicted octanol–water partition coefficient (Wildman–Crippen LogP) is 2.34. The van der Waals surface area contributed by atoms with Crippen molar-refractivity contribution in [2.45, 2.75) is 51.9 Å². The predicted molar refractivity (Wildman–Crippen MR) is 94.4 cm³/mol. The van der Waals surface area contributed by atoms with E-state index in [-0.39, 0.29) is 12.2 Å². The van der Waals surface area contributed by atoms with Crippen molar-refractivity contribution in [1.29, 1.82) is 0 Å². The number of pyridine rings is 1. The lowest BCUT2D eigenvalue weighted by molar-refractivity contribution is -0.0620. The van der Waals surface area contributed by atoms with Crippen molar-refractivity contribution >= 4 is 6.09 Å². The lowest BCUT2D eigenvalue weighted by Gasteiger charge is -2.35. The van der Waals surface area contributed by atoms with Crippen LogP contribution in [0.15, 0.2) is 18.5 Å². The Kier molecular flexibility index (Phi) is 7.01. The number of amides is 1. The second-order valence-corrected chi connectivity index (χ2v) is 6.46. The van der Waals surface area contributed by atoms with Gasteiger partial charge in [-0.3, -0.25) is 4.98 Å². The fourth-order valence-electron chi connectivity index (χ4n) is 2.55. The Bertz CT molecular complexity index is 563. The molecule has 0 saturated carbocycles. The summed E-state index contributed by atoms with van der Waals surface area (Å²) in [5.74, 6) is 0.651. The Labute approximate surface area is 149 Å². The average Bonchev–Trinajstić information content (AvgIpc) is 2.66. The molecule has 1 aromatic rings. The van der Waals surface area contributed by atoms with E-state index >= 15 is 0 Å². The van der Waals surface area contributed by atoms with Crippen LogP contribution in [0.5, 0.6) is 5.75 Å². The van der Waals surface area contributed by atoms with Crippen LogP contribution in [0.4, 0.5) is 4.79 Å². The molecule has 1 atom stereocenters. The van der Waals surface area contributed by atoms with Crippen molar-refractivity contribution in [2.75, 3.05) is 26.3 Å². The van der Waals surface area contributed by atoms with Gasteiger partial charge in [0.25, 0.3) is 0 Å². The number of ether oxygens (including phenoxy) is 3. The fraction of sp³-hybridized carbons (Fsp3) is 0.667. The first-order valence-electron chi connectivity index (χ1n) is 8.86. The zero-order valence-corrected chi connectivity index (χ0v) is 15.4. The second kappa shape index (κ2) is 9.01. The van der Waals surface area contributed by atoms with Gasteiger partial charge in [-0.05, 0) is 25.8 Å². The summed E-state index contributed by atoms with van der Waals surface area (Å²) < 4.78 is 17.2. The van der Waals surface area contributed by atoms with Gasteiger partial charge in [0.05, 0.1) is 19.3 Å². The summed E-state index contributed by atoms with van der Waals surface area (Å²) in [6.07, 6.45) is 4.40. The molecule has 2 N–H and O–H groups in total. The van der Waals surface area contributed by atoms with E-state index in [2.05, 4.69) is 4.98 Å². The number of carbonyl (C=O) groups is 1. The molecule has 2 heterocycles. The van der Waals surface area contributed by atoms with Gasteiger partial charge in [-0.2, -0.15) is 0 Å². The van der Waals surface area contributed by atoms with E-state index < -0.39 is 5.60 Å². The Hall–Kier alpha value is -1.86. The van der Waals surface area contributed by atoms with Crippen LogP contribution in [0.3, 0.4) is 0 Å². The number of nitrogens with two attached hydrogens (primary N) is 1. The largest absolute Gasteiger partial charge is 0.489 e. The average molecular weight is 351 g/mol. The first-order chi connectivity index (χ1) is 12.0. The van der Waals surface area contributed by atoms with Crippen molar-refractivity contribution in [3.63, 3.8) is 0 Å². The number of nitrogens with zero attached hydrogens (tertiary/aromatic N) is 2. The van der Waals surface area contributed by atoms with E-state index in [9.17, 15) is 4.79 Å². The maximum Gasteiger partial charge on any atom is 0.410 e. The Morgan fingerprint density at radius 3 is 2.92 bits per heavy atom. The molecule has 25 heavy (non-hydrogen) atoms. The second-order valence-electron chi connectivity index (χ2n) is 6.46. The van der Waals surface area contributed by atoms with Gasteiger partial charge in [-0.15, -0.1) is 0 Å². The first-order valence-corrected chi connectivity index (χ1v) is 8.86. The van der Waals surface area contributed by atoms with Crippen LogP contribution in [0.2, 0.25) is 0 Å². The SMILES string of the molecule is CCC(C)(CC)OC(=O)N1CCO[C@H](COc2cnccc2CN)C1. The smallest absolute Gasteiger partial charge is 0.410 e. The molecule has 0 bridgehead atoms. The summed E-state index contributed by atoms with van der Waals surface area (Å²) in [6, 6.07) is 1.83. The molecule has 1 aromatic heterocycles. The number of aromatic nitrogens is 1. The topological polar surface area (TPSA) is 86.9 Å². The van der Waals surface area contributed by atoms with Gasteiger partial charge >= 0.3 is 6.09 Å². The van der Waals surface area contributed by atoms with Crippen LogP contribution in [-0.4, -0.2) is 54.0 Å². The van der Waals surface area contributed by atoms with Gasteiger partial charge < -0.3 is 24.8 Å². The highest BCUT2D eigenvalue weighted by Gasteiger charge is 2.31. The van der Waals surface area contributed by atoms with Crippen molar-refractivity contribution < 1.29 is 19.0 Å². The molecule has 0 aromatic carbocycles. The van der Waals surface area contributed by atoms with E-state index in [1.165, 1.54) is 0 Å². The van der Waals surface area contributed by atoms with E-state index in [0.717, 1.165) is 18.4 Å². The highest BCUT2D eigenvalue weighted by Crippen LogP contribution is 2.22. The van der Waals surface area contributed by atoms with Gasteiger partial charge in [0, 0.05) is 24.8 Å². The first kappa shape index (κ1) is 19.5. The highest BCUT2D eigenvalue weighted by molar-refractivity contribution is 5.68. The van der Waals surface area contributed by atoms with E-state index in [4.69, 9.17) is 19.9 Å². The summed E-state index contributed by atoms with van der Waals surface area (Å²) in [5, 5.41) is 0. The molecule has 7 heteroatoms. The molecule has 1 aliphatic heterocycles.